The van der Waals surface area contributed by atoms with Gasteiger partial charge in [-0.15, -0.1) is 0 Å². The van der Waals surface area contributed by atoms with Crippen molar-refractivity contribution in [1.29, 1.82) is 0 Å². The van der Waals surface area contributed by atoms with Crippen molar-refractivity contribution in [3.05, 3.63) is 77.7 Å². The topological polar surface area (TPSA) is 58.3 Å². The van der Waals surface area contributed by atoms with Crippen molar-refractivity contribution in [2.45, 2.75) is 13.8 Å². The first-order chi connectivity index (χ1) is 15.6. The van der Waals surface area contributed by atoms with E-state index in [0.29, 0.717) is 17.3 Å². The summed E-state index contributed by atoms with van der Waals surface area (Å²) in [6, 6.07) is 16.7. The summed E-state index contributed by atoms with van der Waals surface area (Å²) >= 11 is 0. The predicted octanol–water partition coefficient (Wildman–Crippen LogP) is 4.88. The van der Waals surface area contributed by atoms with Crippen molar-refractivity contribution in [3.8, 4) is 22.8 Å². The Morgan fingerprint density at radius 3 is 2.44 bits per heavy atom. The number of piperazine rings is 1. The number of aryl methyl sites for hydroxylation is 2. The van der Waals surface area contributed by atoms with E-state index in [9.17, 15) is 4.39 Å². The standard InChI is InChI=1S/C25H24FN5O/c1-17-6-7-18(2)22(14-17)30-10-12-31(13-11-30)23-9-8-20(16-27-23)25-28-24(29-32-25)19-4-3-5-21(26)15-19/h3-9,14-16H,10-13H2,1-2H3. The third-order valence-electron chi connectivity index (χ3n) is 5.81. The van der Waals surface area contributed by atoms with E-state index in [4.69, 9.17) is 4.52 Å². The highest BCUT2D eigenvalue weighted by Gasteiger charge is 2.20. The molecule has 3 heterocycles. The minimum atomic E-state index is -0.336. The van der Waals surface area contributed by atoms with Gasteiger partial charge in [-0.2, -0.15) is 4.98 Å². The predicted molar refractivity (Wildman–Crippen MR) is 123 cm³/mol. The highest BCUT2D eigenvalue weighted by Crippen LogP contribution is 2.26. The highest BCUT2D eigenvalue weighted by atomic mass is 19.1. The van der Waals surface area contributed by atoms with Crippen LogP contribution in [0.3, 0.4) is 0 Å². The van der Waals surface area contributed by atoms with Crippen LogP contribution in [0.5, 0.6) is 0 Å². The second-order valence-corrected chi connectivity index (χ2v) is 8.10. The van der Waals surface area contributed by atoms with Crippen molar-refractivity contribution in [1.82, 2.24) is 15.1 Å². The van der Waals surface area contributed by atoms with Crippen molar-refractivity contribution >= 4 is 11.5 Å². The lowest BCUT2D eigenvalue weighted by Gasteiger charge is -2.37. The number of nitrogens with zero attached hydrogens (tertiary/aromatic N) is 5. The van der Waals surface area contributed by atoms with Gasteiger partial charge in [-0.25, -0.2) is 9.37 Å². The van der Waals surface area contributed by atoms with Crippen molar-refractivity contribution < 1.29 is 8.91 Å². The quantitative estimate of drug-likeness (QED) is 0.461. The monoisotopic (exact) mass is 429 g/mol. The Hall–Kier alpha value is -3.74. The second kappa shape index (κ2) is 8.42. The van der Waals surface area contributed by atoms with Crippen LogP contribution >= 0.6 is 0 Å². The average molecular weight is 429 g/mol. The fourth-order valence-corrected chi connectivity index (χ4v) is 4.02. The minimum absolute atomic E-state index is 0.336. The first-order valence-corrected chi connectivity index (χ1v) is 10.7. The van der Waals surface area contributed by atoms with Crippen LogP contribution in [0.1, 0.15) is 11.1 Å². The number of hydrogen-bond donors (Lipinski definition) is 0. The van der Waals surface area contributed by atoms with E-state index in [1.165, 1.54) is 28.9 Å². The zero-order chi connectivity index (χ0) is 22.1. The Labute approximate surface area is 186 Å². The van der Waals surface area contributed by atoms with Crippen LogP contribution in [0.15, 0.2) is 65.3 Å². The molecule has 1 fully saturated rings. The Kier molecular flexibility index (Phi) is 5.31. The number of rotatable bonds is 4. The van der Waals surface area contributed by atoms with Crippen LogP contribution in [0.4, 0.5) is 15.9 Å². The minimum Gasteiger partial charge on any atom is -0.368 e. The molecular formula is C25H24FN5O. The normalized spacial score (nSPS) is 14.1. The summed E-state index contributed by atoms with van der Waals surface area (Å²) in [7, 11) is 0. The van der Waals surface area contributed by atoms with E-state index in [1.807, 2.05) is 12.1 Å². The summed E-state index contributed by atoms with van der Waals surface area (Å²) in [5, 5.41) is 3.97. The van der Waals surface area contributed by atoms with E-state index in [1.54, 1.807) is 18.3 Å². The molecule has 1 saturated heterocycles. The van der Waals surface area contributed by atoms with Crippen LogP contribution in [-0.2, 0) is 0 Å². The van der Waals surface area contributed by atoms with Crippen molar-refractivity contribution in [2.75, 3.05) is 36.0 Å². The summed E-state index contributed by atoms with van der Waals surface area (Å²) in [6.07, 6.45) is 1.75. The molecule has 0 aliphatic carbocycles. The molecule has 162 valence electrons. The lowest BCUT2D eigenvalue weighted by Crippen LogP contribution is -2.47. The lowest BCUT2D eigenvalue weighted by molar-refractivity contribution is 0.432. The van der Waals surface area contributed by atoms with Gasteiger partial charge >= 0.3 is 0 Å². The molecule has 0 atom stereocenters. The molecule has 1 aliphatic rings. The Bertz CT molecular complexity index is 1230. The Balaban J connectivity index is 1.26. The van der Waals surface area contributed by atoms with Gasteiger partial charge in [0, 0.05) is 43.6 Å². The molecule has 0 N–H and O–H groups in total. The SMILES string of the molecule is Cc1ccc(C)c(N2CCN(c3ccc(-c4nc(-c5cccc(F)c5)no4)cn3)CC2)c1. The van der Waals surface area contributed by atoms with E-state index in [0.717, 1.165) is 37.6 Å². The van der Waals surface area contributed by atoms with Crippen LogP contribution in [0.2, 0.25) is 0 Å². The molecule has 5 rings (SSSR count). The summed E-state index contributed by atoms with van der Waals surface area (Å²) in [6.45, 7) is 8.02. The molecule has 1 aliphatic heterocycles. The van der Waals surface area contributed by atoms with Gasteiger partial charge in [0.2, 0.25) is 5.82 Å². The average Bonchev–Trinajstić information content (AvgIpc) is 3.31. The number of anilines is 2. The summed E-state index contributed by atoms with van der Waals surface area (Å²) in [5.41, 5.74) is 5.22. The second-order valence-electron chi connectivity index (χ2n) is 8.10. The van der Waals surface area contributed by atoms with Crippen molar-refractivity contribution in [3.63, 3.8) is 0 Å². The largest absolute Gasteiger partial charge is 0.368 e. The molecule has 7 heteroatoms. The smallest absolute Gasteiger partial charge is 0.259 e. The maximum absolute atomic E-state index is 13.5. The number of aromatic nitrogens is 3. The van der Waals surface area contributed by atoms with Gasteiger partial charge in [0.15, 0.2) is 0 Å². The zero-order valence-electron chi connectivity index (χ0n) is 18.1. The molecule has 2 aromatic heterocycles. The number of hydrogen-bond acceptors (Lipinski definition) is 6. The van der Waals surface area contributed by atoms with E-state index in [-0.39, 0.29) is 5.82 Å². The van der Waals surface area contributed by atoms with Crippen LogP contribution in [0.25, 0.3) is 22.8 Å². The Morgan fingerprint density at radius 1 is 0.875 bits per heavy atom. The third kappa shape index (κ3) is 4.06. The number of benzene rings is 2. The summed E-state index contributed by atoms with van der Waals surface area (Å²) in [5.74, 6) is 1.31. The fraction of sp³-hybridized carbons (Fsp3) is 0.240. The molecule has 0 amide bonds. The van der Waals surface area contributed by atoms with Crippen LogP contribution in [-0.4, -0.2) is 41.3 Å². The lowest BCUT2D eigenvalue weighted by atomic mass is 10.1. The summed E-state index contributed by atoms with van der Waals surface area (Å²) < 4.78 is 18.8. The molecular weight excluding hydrogens is 405 g/mol. The first-order valence-electron chi connectivity index (χ1n) is 10.7. The highest BCUT2D eigenvalue weighted by molar-refractivity contribution is 5.61. The molecule has 6 nitrogen and oxygen atoms in total. The molecule has 32 heavy (non-hydrogen) atoms. The van der Waals surface area contributed by atoms with E-state index < -0.39 is 0 Å². The molecule has 0 unspecified atom stereocenters. The van der Waals surface area contributed by atoms with Gasteiger partial charge in [0.25, 0.3) is 5.89 Å². The molecule has 0 radical (unpaired) electrons. The third-order valence-corrected chi connectivity index (χ3v) is 5.81. The van der Waals surface area contributed by atoms with Gasteiger partial charge < -0.3 is 14.3 Å². The molecule has 2 aromatic carbocycles. The number of halogens is 1. The van der Waals surface area contributed by atoms with Gasteiger partial charge in [0.1, 0.15) is 11.6 Å². The maximum atomic E-state index is 13.5. The van der Waals surface area contributed by atoms with E-state index in [2.05, 4.69) is 57.0 Å². The molecule has 0 saturated carbocycles. The van der Waals surface area contributed by atoms with E-state index >= 15 is 0 Å². The molecule has 0 spiro atoms. The molecule has 4 aromatic rings. The van der Waals surface area contributed by atoms with Crippen molar-refractivity contribution in [2.24, 2.45) is 0 Å². The van der Waals surface area contributed by atoms with Gasteiger partial charge in [-0.05, 0) is 55.3 Å². The van der Waals surface area contributed by atoms with Crippen LogP contribution in [0, 0.1) is 19.7 Å². The maximum Gasteiger partial charge on any atom is 0.259 e. The summed E-state index contributed by atoms with van der Waals surface area (Å²) in [4.78, 5) is 13.7. The Morgan fingerprint density at radius 2 is 1.69 bits per heavy atom. The first kappa shape index (κ1) is 20.2. The molecule has 0 bridgehead atoms. The number of pyridine rings is 1. The van der Waals surface area contributed by atoms with Crippen LogP contribution < -0.4 is 9.80 Å². The van der Waals surface area contributed by atoms with Gasteiger partial charge in [0.05, 0.1) is 5.56 Å². The fourth-order valence-electron chi connectivity index (χ4n) is 4.02. The zero-order valence-corrected chi connectivity index (χ0v) is 18.1. The van der Waals surface area contributed by atoms with Gasteiger partial charge in [-0.1, -0.05) is 29.4 Å². The van der Waals surface area contributed by atoms with Gasteiger partial charge in [-0.3, -0.25) is 0 Å².